The molecule has 2 aromatic heterocycles. The molecular weight excluding hydrogens is 494 g/mol. The van der Waals surface area contributed by atoms with Gasteiger partial charge < -0.3 is 15.8 Å². The van der Waals surface area contributed by atoms with Gasteiger partial charge in [0.25, 0.3) is 5.91 Å². The van der Waals surface area contributed by atoms with E-state index in [1.807, 2.05) is 50.6 Å². The summed E-state index contributed by atoms with van der Waals surface area (Å²) in [5.41, 5.74) is 7.16. The van der Waals surface area contributed by atoms with Crippen LogP contribution in [-0.2, 0) is 14.4 Å². The number of hydroxylamine groups is 2. The molecule has 0 bridgehead atoms. The number of benzene rings is 1. The van der Waals surface area contributed by atoms with Gasteiger partial charge in [-0.1, -0.05) is 6.07 Å². The average Bonchev–Trinajstić information content (AvgIpc) is 3.41. The van der Waals surface area contributed by atoms with Crippen molar-refractivity contribution < 1.29 is 19.2 Å². The number of carbonyl (C=O) groups is 2. The van der Waals surface area contributed by atoms with Crippen molar-refractivity contribution in [3.05, 3.63) is 35.7 Å². The third-order valence-electron chi connectivity index (χ3n) is 3.90. The van der Waals surface area contributed by atoms with E-state index in [9.17, 15) is 9.59 Å². The lowest BCUT2D eigenvalue weighted by molar-refractivity contribution is -0.181. The minimum atomic E-state index is -0.535. The normalized spacial score (nSPS) is 11.5. The van der Waals surface area contributed by atoms with E-state index in [1.165, 1.54) is 29.0 Å². The summed E-state index contributed by atoms with van der Waals surface area (Å²) >= 11 is 4.57. The van der Waals surface area contributed by atoms with Gasteiger partial charge in [0.1, 0.15) is 17.1 Å². The fraction of sp³-hybridized carbons (Fsp3) is 0.273. The van der Waals surface area contributed by atoms with Crippen molar-refractivity contribution in [2.75, 3.05) is 18.2 Å². The molecule has 0 spiro atoms. The van der Waals surface area contributed by atoms with Crippen LogP contribution >= 0.6 is 34.4 Å². The first-order valence-electron chi connectivity index (χ1n) is 10.1. The second-order valence-corrected chi connectivity index (χ2v) is 10.8. The molecule has 180 valence electrons. The number of nitrogens with one attached hydrogen (secondary N) is 1. The number of amides is 2. The Bertz CT molecular complexity index is 1170. The molecule has 1 aromatic carbocycles. The number of carbonyl (C=O) groups excluding carboxylic acids is 2. The molecule has 3 rings (SSSR count). The third kappa shape index (κ3) is 7.55. The summed E-state index contributed by atoms with van der Waals surface area (Å²) in [6.07, 6.45) is 3.93. The quantitative estimate of drug-likeness (QED) is 0.120. The van der Waals surface area contributed by atoms with Crippen molar-refractivity contribution >= 4 is 68.9 Å². The van der Waals surface area contributed by atoms with Crippen molar-refractivity contribution in [3.63, 3.8) is 0 Å². The summed E-state index contributed by atoms with van der Waals surface area (Å²) < 4.78 is 6.40. The van der Waals surface area contributed by atoms with Gasteiger partial charge in [-0.3, -0.25) is 14.4 Å². The van der Waals surface area contributed by atoms with Crippen LogP contribution in [0.2, 0.25) is 0 Å². The summed E-state index contributed by atoms with van der Waals surface area (Å²) in [4.78, 5) is 36.8. The number of hydrogen-bond donors (Lipinski definition) is 2. The molecule has 0 atom stereocenters. The van der Waals surface area contributed by atoms with Crippen molar-refractivity contribution in [2.45, 2.75) is 30.6 Å². The molecule has 3 aromatic rings. The molecular formula is C22H25N5O4S3. The molecule has 0 saturated carbocycles. The van der Waals surface area contributed by atoms with Gasteiger partial charge in [-0.25, -0.2) is 9.98 Å². The van der Waals surface area contributed by atoms with Crippen LogP contribution in [0.25, 0.3) is 11.3 Å². The smallest absolute Gasteiger partial charge is 0.255 e. The fourth-order valence-electron chi connectivity index (χ4n) is 2.65. The first kappa shape index (κ1) is 25.7. The van der Waals surface area contributed by atoms with Crippen molar-refractivity contribution in [2.24, 2.45) is 10.7 Å². The van der Waals surface area contributed by atoms with Gasteiger partial charge in [-0.2, -0.15) is 5.06 Å². The van der Waals surface area contributed by atoms with E-state index in [1.54, 1.807) is 23.9 Å². The van der Waals surface area contributed by atoms with E-state index in [4.69, 9.17) is 20.3 Å². The van der Waals surface area contributed by atoms with Crippen molar-refractivity contribution in [1.82, 2.24) is 10.0 Å². The maximum Gasteiger partial charge on any atom is 0.255 e. The SMILES string of the molecule is CSc1sc(N=CN(C=O)OC(C)(C)C)cc1-c1csc(Nc2cccc(OCC(N)=O)c2)n1. The van der Waals surface area contributed by atoms with Gasteiger partial charge in [0, 0.05) is 22.7 Å². The lowest BCUT2D eigenvalue weighted by Gasteiger charge is -2.23. The number of anilines is 2. The summed E-state index contributed by atoms with van der Waals surface area (Å²) in [6.45, 7) is 5.37. The molecule has 34 heavy (non-hydrogen) atoms. The fourth-order valence-corrected chi connectivity index (χ4v) is 5.10. The number of thiophene rings is 1. The molecule has 3 N–H and O–H groups in total. The Morgan fingerprint density at radius 2 is 2.15 bits per heavy atom. The molecule has 0 fully saturated rings. The van der Waals surface area contributed by atoms with Crippen molar-refractivity contribution in [3.8, 4) is 17.0 Å². The molecule has 2 heterocycles. The Labute approximate surface area is 210 Å². The highest BCUT2D eigenvalue weighted by Crippen LogP contribution is 2.42. The molecule has 0 unspecified atom stereocenters. The number of ether oxygens (including phenoxy) is 1. The molecule has 0 saturated heterocycles. The highest BCUT2D eigenvalue weighted by Gasteiger charge is 2.16. The number of aliphatic imine (C=N–C) groups is 1. The molecule has 0 aliphatic carbocycles. The number of primary amides is 1. The van der Waals surface area contributed by atoms with E-state index in [0.717, 1.165) is 31.2 Å². The second-order valence-electron chi connectivity index (χ2n) is 7.85. The van der Waals surface area contributed by atoms with Gasteiger partial charge in [-0.05, 0) is 45.2 Å². The maximum absolute atomic E-state index is 11.3. The summed E-state index contributed by atoms with van der Waals surface area (Å²) in [5, 5.41) is 7.71. The lowest BCUT2D eigenvalue weighted by Crippen LogP contribution is -2.32. The van der Waals surface area contributed by atoms with E-state index in [2.05, 4.69) is 10.3 Å². The minimum absolute atomic E-state index is 0.182. The summed E-state index contributed by atoms with van der Waals surface area (Å²) in [5.74, 6) is -0.00187. The van der Waals surface area contributed by atoms with Crippen LogP contribution in [0.3, 0.4) is 0 Å². The Hall–Kier alpha value is -2.93. The summed E-state index contributed by atoms with van der Waals surface area (Å²) in [6, 6.07) is 9.14. The first-order valence-corrected chi connectivity index (χ1v) is 13.0. The Balaban J connectivity index is 1.74. The summed E-state index contributed by atoms with van der Waals surface area (Å²) in [7, 11) is 0. The van der Waals surface area contributed by atoms with Gasteiger partial charge in [-0.15, -0.1) is 34.4 Å². The number of nitrogens with two attached hydrogens (primary N) is 1. The van der Waals surface area contributed by atoms with Crippen LogP contribution in [0.4, 0.5) is 15.8 Å². The number of rotatable bonds is 11. The monoisotopic (exact) mass is 519 g/mol. The Morgan fingerprint density at radius 1 is 1.35 bits per heavy atom. The predicted molar refractivity (Wildman–Crippen MR) is 139 cm³/mol. The number of thioether (sulfide) groups is 1. The van der Waals surface area contributed by atoms with Crippen LogP contribution in [-0.4, -0.2) is 47.2 Å². The van der Waals surface area contributed by atoms with Gasteiger partial charge in [0.2, 0.25) is 6.41 Å². The van der Waals surface area contributed by atoms with Crippen LogP contribution in [0.1, 0.15) is 20.8 Å². The van der Waals surface area contributed by atoms with E-state index < -0.39 is 11.5 Å². The Kier molecular flexibility index (Phi) is 8.67. The second kappa shape index (κ2) is 11.5. The van der Waals surface area contributed by atoms with Crippen molar-refractivity contribution in [1.29, 1.82) is 0 Å². The molecule has 9 nitrogen and oxygen atoms in total. The maximum atomic E-state index is 11.3. The van der Waals surface area contributed by atoms with E-state index in [-0.39, 0.29) is 6.61 Å². The zero-order valence-electron chi connectivity index (χ0n) is 19.1. The first-order chi connectivity index (χ1) is 16.2. The zero-order valence-corrected chi connectivity index (χ0v) is 21.6. The molecule has 0 radical (unpaired) electrons. The third-order valence-corrected chi connectivity index (χ3v) is 6.84. The highest BCUT2D eigenvalue weighted by atomic mass is 32.2. The number of hydrogen-bond acceptors (Lipinski definition) is 10. The largest absolute Gasteiger partial charge is 0.484 e. The molecule has 12 heteroatoms. The van der Waals surface area contributed by atoms with Crippen LogP contribution in [0.5, 0.6) is 5.75 Å². The lowest BCUT2D eigenvalue weighted by atomic mass is 10.2. The van der Waals surface area contributed by atoms with Gasteiger partial charge in [0.15, 0.2) is 11.7 Å². The zero-order chi connectivity index (χ0) is 24.7. The van der Waals surface area contributed by atoms with Gasteiger partial charge >= 0.3 is 0 Å². The van der Waals surface area contributed by atoms with E-state index in [0.29, 0.717) is 17.3 Å². The number of nitrogens with zero attached hydrogens (tertiary/aromatic N) is 3. The minimum Gasteiger partial charge on any atom is -0.484 e. The highest BCUT2D eigenvalue weighted by molar-refractivity contribution is 8.00. The molecule has 0 aliphatic rings. The molecule has 0 aliphatic heterocycles. The number of aromatic nitrogens is 1. The van der Waals surface area contributed by atoms with Crippen LogP contribution in [0.15, 0.2) is 44.9 Å². The van der Waals surface area contributed by atoms with Crippen LogP contribution < -0.4 is 15.8 Å². The van der Waals surface area contributed by atoms with Gasteiger partial charge in [0.05, 0.1) is 15.5 Å². The topological polar surface area (TPSA) is 119 Å². The van der Waals surface area contributed by atoms with E-state index >= 15 is 0 Å². The number of thiazole rings is 1. The van der Waals surface area contributed by atoms with Crippen LogP contribution in [0, 0.1) is 0 Å². The predicted octanol–water partition coefficient (Wildman–Crippen LogP) is 5.05. The Morgan fingerprint density at radius 3 is 2.82 bits per heavy atom. The molecule has 2 amide bonds. The standard InChI is InChI=1S/C22H25N5O4S3/c1-22(2,3)31-27(13-28)12-24-19-9-16(20(32-4)34-19)17-11-33-21(26-17)25-14-6-5-7-15(8-14)30-10-18(23)29/h5-9,11-13H,10H2,1-4H3,(H2,23,29)(H,25,26). The average molecular weight is 520 g/mol.